The fourth-order valence-electron chi connectivity index (χ4n) is 2.08. The van der Waals surface area contributed by atoms with Gasteiger partial charge in [-0.05, 0) is 24.3 Å². The lowest BCUT2D eigenvalue weighted by Gasteiger charge is -2.12. The highest BCUT2D eigenvalue weighted by Gasteiger charge is 2.35. The third-order valence-electron chi connectivity index (χ3n) is 2.97. The normalized spacial score (nSPS) is 13.8. The predicted molar refractivity (Wildman–Crippen MR) is 64.8 cm³/mol. The van der Waals surface area contributed by atoms with E-state index in [0.717, 1.165) is 4.90 Å². The Balaban J connectivity index is 1.92. The van der Waals surface area contributed by atoms with Gasteiger partial charge >= 0.3 is 0 Å². The molecule has 94 valence electrons. The number of carbonyl (C=O) groups is 2. The van der Waals surface area contributed by atoms with Crippen LogP contribution in [0, 0.1) is 5.95 Å². The second-order valence-corrected chi connectivity index (χ2v) is 4.19. The Hall–Kier alpha value is -2.56. The molecule has 1 aromatic carbocycles. The Morgan fingerprint density at radius 2 is 1.58 bits per heavy atom. The van der Waals surface area contributed by atoms with Gasteiger partial charge in [0.25, 0.3) is 11.8 Å². The van der Waals surface area contributed by atoms with Crippen molar-refractivity contribution in [3.63, 3.8) is 0 Å². The van der Waals surface area contributed by atoms with Gasteiger partial charge in [0.15, 0.2) is 0 Å². The van der Waals surface area contributed by atoms with Crippen LogP contribution in [0.2, 0.25) is 0 Å². The second-order valence-electron chi connectivity index (χ2n) is 4.19. The molecule has 2 amide bonds. The summed E-state index contributed by atoms with van der Waals surface area (Å²) >= 11 is 0. The standard InChI is InChI=1S/C14H9FN2O2/c15-12-7-3-4-9(16-12)8-17-13(18)10-5-1-2-6-11(10)14(17)19/h1-7H,8H2. The summed E-state index contributed by atoms with van der Waals surface area (Å²) in [6.45, 7) is -0.0237. The topological polar surface area (TPSA) is 50.3 Å². The summed E-state index contributed by atoms with van der Waals surface area (Å²) in [7, 11) is 0. The zero-order chi connectivity index (χ0) is 13.4. The first kappa shape index (κ1) is 11.5. The van der Waals surface area contributed by atoms with E-state index in [1.807, 2.05) is 0 Å². The number of amides is 2. The molecule has 1 aromatic heterocycles. The zero-order valence-electron chi connectivity index (χ0n) is 9.84. The third kappa shape index (κ3) is 1.89. The van der Waals surface area contributed by atoms with E-state index in [-0.39, 0.29) is 18.4 Å². The quantitative estimate of drug-likeness (QED) is 0.610. The van der Waals surface area contributed by atoms with Crippen molar-refractivity contribution in [2.45, 2.75) is 6.54 Å². The first-order valence-corrected chi connectivity index (χ1v) is 5.73. The summed E-state index contributed by atoms with van der Waals surface area (Å²) in [4.78, 5) is 28.9. The van der Waals surface area contributed by atoms with E-state index < -0.39 is 5.95 Å². The van der Waals surface area contributed by atoms with Gasteiger partial charge in [0.05, 0.1) is 23.4 Å². The van der Waals surface area contributed by atoms with E-state index in [0.29, 0.717) is 16.8 Å². The molecule has 1 aliphatic rings. The van der Waals surface area contributed by atoms with Crippen molar-refractivity contribution >= 4 is 11.8 Å². The zero-order valence-corrected chi connectivity index (χ0v) is 9.84. The van der Waals surface area contributed by atoms with Crippen LogP contribution in [-0.2, 0) is 6.54 Å². The Bertz CT molecular complexity index is 650. The minimum atomic E-state index is -0.630. The number of rotatable bonds is 2. The molecule has 0 aliphatic carbocycles. The number of pyridine rings is 1. The van der Waals surface area contributed by atoms with Crippen molar-refractivity contribution in [1.82, 2.24) is 9.88 Å². The van der Waals surface area contributed by atoms with Crippen LogP contribution in [0.15, 0.2) is 42.5 Å². The van der Waals surface area contributed by atoms with Crippen LogP contribution in [0.1, 0.15) is 26.4 Å². The number of benzene rings is 1. The Morgan fingerprint density at radius 1 is 0.947 bits per heavy atom. The van der Waals surface area contributed by atoms with E-state index in [4.69, 9.17) is 0 Å². The summed E-state index contributed by atoms with van der Waals surface area (Å²) in [5.41, 5.74) is 1.10. The van der Waals surface area contributed by atoms with Crippen LogP contribution in [-0.4, -0.2) is 21.7 Å². The summed E-state index contributed by atoms with van der Waals surface area (Å²) < 4.78 is 13.0. The molecule has 0 unspecified atom stereocenters. The van der Waals surface area contributed by atoms with Gasteiger partial charge in [-0.3, -0.25) is 14.5 Å². The highest BCUT2D eigenvalue weighted by atomic mass is 19.1. The van der Waals surface area contributed by atoms with Crippen molar-refractivity contribution in [3.05, 3.63) is 65.2 Å². The molecule has 4 nitrogen and oxygen atoms in total. The maximum atomic E-state index is 13.0. The van der Waals surface area contributed by atoms with E-state index in [1.54, 1.807) is 30.3 Å². The minimum absolute atomic E-state index is 0.0237. The molecule has 0 saturated carbocycles. The third-order valence-corrected chi connectivity index (χ3v) is 2.97. The highest BCUT2D eigenvalue weighted by molar-refractivity contribution is 6.21. The molecule has 0 fully saturated rings. The largest absolute Gasteiger partial charge is 0.269 e. The average Bonchev–Trinajstić information content (AvgIpc) is 2.65. The SMILES string of the molecule is O=C1c2ccccc2C(=O)N1Cc1cccc(F)n1. The van der Waals surface area contributed by atoms with Gasteiger partial charge in [-0.1, -0.05) is 18.2 Å². The van der Waals surface area contributed by atoms with Gasteiger partial charge in [0.1, 0.15) is 0 Å². The molecule has 0 bridgehead atoms. The van der Waals surface area contributed by atoms with Crippen molar-refractivity contribution in [2.24, 2.45) is 0 Å². The Labute approximate surface area is 108 Å². The van der Waals surface area contributed by atoms with E-state index >= 15 is 0 Å². The summed E-state index contributed by atoms with van der Waals surface area (Å²) in [6.07, 6.45) is 0. The van der Waals surface area contributed by atoms with E-state index in [2.05, 4.69) is 4.98 Å². The molecule has 0 radical (unpaired) electrons. The summed E-state index contributed by atoms with van der Waals surface area (Å²) in [6, 6.07) is 10.9. The average molecular weight is 256 g/mol. The predicted octanol–water partition coefficient (Wildman–Crippen LogP) is 2.02. The molecule has 1 aliphatic heterocycles. The smallest absolute Gasteiger partial charge is 0.261 e. The van der Waals surface area contributed by atoms with Crippen molar-refractivity contribution in [3.8, 4) is 0 Å². The molecule has 5 heteroatoms. The number of halogens is 1. The van der Waals surface area contributed by atoms with Gasteiger partial charge < -0.3 is 0 Å². The first-order chi connectivity index (χ1) is 9.16. The van der Waals surface area contributed by atoms with Crippen LogP contribution >= 0.6 is 0 Å². The number of imide groups is 1. The number of aromatic nitrogens is 1. The number of fused-ring (bicyclic) bond motifs is 1. The van der Waals surface area contributed by atoms with Crippen molar-refractivity contribution in [2.75, 3.05) is 0 Å². The van der Waals surface area contributed by atoms with Gasteiger partial charge in [-0.2, -0.15) is 4.39 Å². The molecular formula is C14H9FN2O2. The van der Waals surface area contributed by atoms with E-state index in [1.165, 1.54) is 12.1 Å². The lowest BCUT2D eigenvalue weighted by Crippen LogP contribution is -2.29. The molecule has 2 heterocycles. The number of nitrogens with zero attached hydrogens (tertiary/aromatic N) is 2. The summed E-state index contributed by atoms with van der Waals surface area (Å²) in [5.74, 6) is -1.37. The molecular weight excluding hydrogens is 247 g/mol. The molecule has 0 N–H and O–H groups in total. The molecule has 0 spiro atoms. The molecule has 19 heavy (non-hydrogen) atoms. The first-order valence-electron chi connectivity index (χ1n) is 5.73. The van der Waals surface area contributed by atoms with Gasteiger partial charge in [-0.25, -0.2) is 4.98 Å². The number of hydrogen-bond acceptors (Lipinski definition) is 3. The molecule has 0 saturated heterocycles. The van der Waals surface area contributed by atoms with E-state index in [9.17, 15) is 14.0 Å². The highest BCUT2D eigenvalue weighted by Crippen LogP contribution is 2.23. The summed E-state index contributed by atoms with van der Waals surface area (Å²) in [5, 5.41) is 0. The van der Waals surface area contributed by atoms with Gasteiger partial charge in [0, 0.05) is 0 Å². The molecule has 2 aromatic rings. The van der Waals surface area contributed by atoms with Crippen LogP contribution in [0.4, 0.5) is 4.39 Å². The van der Waals surface area contributed by atoms with Crippen molar-refractivity contribution in [1.29, 1.82) is 0 Å². The monoisotopic (exact) mass is 256 g/mol. The Morgan fingerprint density at radius 3 is 2.16 bits per heavy atom. The van der Waals surface area contributed by atoms with Crippen LogP contribution < -0.4 is 0 Å². The van der Waals surface area contributed by atoms with Gasteiger partial charge in [-0.15, -0.1) is 0 Å². The lowest BCUT2D eigenvalue weighted by molar-refractivity contribution is 0.0640. The maximum Gasteiger partial charge on any atom is 0.261 e. The molecule has 0 atom stereocenters. The van der Waals surface area contributed by atoms with Gasteiger partial charge in [0.2, 0.25) is 5.95 Å². The number of carbonyl (C=O) groups excluding carboxylic acids is 2. The maximum absolute atomic E-state index is 13.0. The van der Waals surface area contributed by atoms with Crippen LogP contribution in [0.5, 0.6) is 0 Å². The fraction of sp³-hybridized carbons (Fsp3) is 0.0714. The fourth-order valence-corrected chi connectivity index (χ4v) is 2.08. The number of hydrogen-bond donors (Lipinski definition) is 0. The van der Waals surface area contributed by atoms with Crippen LogP contribution in [0.3, 0.4) is 0 Å². The van der Waals surface area contributed by atoms with Crippen LogP contribution in [0.25, 0.3) is 0 Å². The minimum Gasteiger partial charge on any atom is -0.269 e. The molecule has 3 rings (SSSR count). The second kappa shape index (κ2) is 4.28. The van der Waals surface area contributed by atoms with Crippen molar-refractivity contribution < 1.29 is 14.0 Å². The lowest BCUT2D eigenvalue weighted by atomic mass is 10.1. The Kier molecular flexibility index (Phi) is 2.59.